The van der Waals surface area contributed by atoms with E-state index < -0.39 is 0 Å². The summed E-state index contributed by atoms with van der Waals surface area (Å²) < 4.78 is 5.66. The molecule has 1 aliphatic carbocycles. The molecule has 0 aromatic carbocycles. The van der Waals surface area contributed by atoms with Crippen LogP contribution in [-0.2, 0) is 4.74 Å². The zero-order chi connectivity index (χ0) is 11.1. The zero-order valence-corrected chi connectivity index (χ0v) is 10.6. The van der Waals surface area contributed by atoms with Crippen molar-refractivity contribution in [2.75, 3.05) is 19.7 Å². The van der Waals surface area contributed by atoms with Crippen LogP contribution in [0, 0.1) is 5.92 Å². The Balaban J connectivity index is 2.09. The highest BCUT2D eigenvalue weighted by atomic mass is 16.5. The molecule has 90 valence electrons. The van der Waals surface area contributed by atoms with Gasteiger partial charge in [-0.3, -0.25) is 0 Å². The van der Waals surface area contributed by atoms with Crippen LogP contribution >= 0.6 is 0 Å². The van der Waals surface area contributed by atoms with Crippen LogP contribution in [0.3, 0.4) is 0 Å². The molecule has 0 aromatic heterocycles. The van der Waals surface area contributed by atoms with E-state index in [1.807, 2.05) is 0 Å². The Kier molecular flexibility index (Phi) is 5.62. The summed E-state index contributed by atoms with van der Waals surface area (Å²) in [7, 11) is 0. The van der Waals surface area contributed by atoms with Crippen LogP contribution in [0.25, 0.3) is 0 Å². The quantitative estimate of drug-likeness (QED) is 0.732. The highest BCUT2D eigenvalue weighted by Gasteiger charge is 2.18. The molecule has 2 heteroatoms. The molecule has 1 fully saturated rings. The van der Waals surface area contributed by atoms with Gasteiger partial charge in [0.2, 0.25) is 0 Å². The second-order valence-corrected chi connectivity index (χ2v) is 5.33. The molecule has 1 saturated carbocycles. The third-order valence-electron chi connectivity index (χ3n) is 3.24. The van der Waals surface area contributed by atoms with Crippen molar-refractivity contribution in [3.8, 4) is 0 Å². The van der Waals surface area contributed by atoms with Crippen LogP contribution in [0.15, 0.2) is 0 Å². The van der Waals surface area contributed by atoms with Gasteiger partial charge < -0.3 is 10.1 Å². The van der Waals surface area contributed by atoms with E-state index in [-0.39, 0.29) is 5.60 Å². The summed E-state index contributed by atoms with van der Waals surface area (Å²) in [6, 6.07) is 0. The van der Waals surface area contributed by atoms with Crippen LogP contribution in [0.1, 0.15) is 52.9 Å². The average molecular weight is 213 g/mol. The Morgan fingerprint density at radius 1 is 1.20 bits per heavy atom. The van der Waals surface area contributed by atoms with Gasteiger partial charge in [-0.05, 0) is 46.1 Å². The van der Waals surface area contributed by atoms with Gasteiger partial charge in [-0.15, -0.1) is 0 Å². The molecule has 0 aliphatic heterocycles. The van der Waals surface area contributed by atoms with Gasteiger partial charge in [0.1, 0.15) is 0 Å². The van der Waals surface area contributed by atoms with Gasteiger partial charge in [-0.2, -0.15) is 0 Å². The van der Waals surface area contributed by atoms with Crippen molar-refractivity contribution < 1.29 is 4.74 Å². The Bertz CT molecular complexity index is 162. The van der Waals surface area contributed by atoms with E-state index in [2.05, 4.69) is 26.1 Å². The molecule has 15 heavy (non-hydrogen) atoms. The molecule has 0 heterocycles. The summed E-state index contributed by atoms with van der Waals surface area (Å²) >= 11 is 0. The van der Waals surface area contributed by atoms with Crippen molar-refractivity contribution in [1.29, 1.82) is 0 Å². The Labute approximate surface area is 94.8 Å². The van der Waals surface area contributed by atoms with Crippen LogP contribution in [-0.4, -0.2) is 25.3 Å². The lowest BCUT2D eigenvalue weighted by Crippen LogP contribution is -2.39. The van der Waals surface area contributed by atoms with Gasteiger partial charge in [0, 0.05) is 13.2 Å². The highest BCUT2D eigenvalue weighted by molar-refractivity contribution is 4.74. The van der Waals surface area contributed by atoms with E-state index >= 15 is 0 Å². The van der Waals surface area contributed by atoms with Gasteiger partial charge in [0.15, 0.2) is 0 Å². The summed E-state index contributed by atoms with van der Waals surface area (Å²) in [5.41, 5.74) is -0.0105. The monoisotopic (exact) mass is 213 g/mol. The SMILES string of the molecule is CCOC(C)(C)CNCC1CCCCC1. The second kappa shape index (κ2) is 6.49. The van der Waals surface area contributed by atoms with Gasteiger partial charge in [-0.25, -0.2) is 0 Å². The number of ether oxygens (including phenoxy) is 1. The molecule has 2 nitrogen and oxygen atoms in total. The van der Waals surface area contributed by atoms with Crippen LogP contribution in [0.4, 0.5) is 0 Å². The first kappa shape index (κ1) is 13.0. The zero-order valence-electron chi connectivity index (χ0n) is 10.6. The molecule has 0 aromatic rings. The molecule has 0 spiro atoms. The average Bonchev–Trinajstić information content (AvgIpc) is 2.19. The molecule has 0 amide bonds. The van der Waals surface area contributed by atoms with Gasteiger partial charge >= 0.3 is 0 Å². The molecule has 0 unspecified atom stereocenters. The molecule has 0 bridgehead atoms. The maximum Gasteiger partial charge on any atom is 0.0750 e. The molecule has 0 radical (unpaired) electrons. The molecule has 1 aliphatic rings. The fourth-order valence-electron chi connectivity index (χ4n) is 2.41. The minimum atomic E-state index is -0.0105. The maximum atomic E-state index is 5.66. The van der Waals surface area contributed by atoms with Crippen LogP contribution in [0.5, 0.6) is 0 Å². The van der Waals surface area contributed by atoms with Gasteiger partial charge in [0.25, 0.3) is 0 Å². The van der Waals surface area contributed by atoms with Crippen molar-refractivity contribution in [3.05, 3.63) is 0 Å². The number of hydrogen-bond acceptors (Lipinski definition) is 2. The molecule has 0 saturated heterocycles. The minimum absolute atomic E-state index is 0.0105. The van der Waals surface area contributed by atoms with Crippen molar-refractivity contribution in [2.45, 2.75) is 58.5 Å². The number of hydrogen-bond donors (Lipinski definition) is 1. The molecule has 0 atom stereocenters. The van der Waals surface area contributed by atoms with Gasteiger partial charge in [0.05, 0.1) is 5.60 Å². The topological polar surface area (TPSA) is 21.3 Å². The third-order valence-corrected chi connectivity index (χ3v) is 3.24. The fraction of sp³-hybridized carbons (Fsp3) is 1.00. The second-order valence-electron chi connectivity index (χ2n) is 5.33. The summed E-state index contributed by atoms with van der Waals surface area (Å²) in [6.07, 6.45) is 7.15. The first-order chi connectivity index (χ1) is 7.14. The standard InChI is InChI=1S/C13H27NO/c1-4-15-13(2,3)11-14-10-12-8-6-5-7-9-12/h12,14H,4-11H2,1-3H3. The fourth-order valence-corrected chi connectivity index (χ4v) is 2.41. The largest absolute Gasteiger partial charge is 0.375 e. The number of nitrogens with one attached hydrogen (secondary N) is 1. The Morgan fingerprint density at radius 3 is 2.47 bits per heavy atom. The van der Waals surface area contributed by atoms with E-state index in [0.717, 1.165) is 19.1 Å². The first-order valence-corrected chi connectivity index (χ1v) is 6.49. The van der Waals surface area contributed by atoms with Crippen molar-refractivity contribution in [3.63, 3.8) is 0 Å². The summed E-state index contributed by atoms with van der Waals surface area (Å²) in [5, 5.41) is 3.56. The molecule has 1 rings (SSSR count). The predicted molar refractivity (Wildman–Crippen MR) is 65.1 cm³/mol. The predicted octanol–water partition coefficient (Wildman–Crippen LogP) is 2.97. The van der Waals surface area contributed by atoms with Crippen molar-refractivity contribution >= 4 is 0 Å². The van der Waals surface area contributed by atoms with Crippen LogP contribution in [0.2, 0.25) is 0 Å². The van der Waals surface area contributed by atoms with E-state index in [0.29, 0.717) is 0 Å². The summed E-state index contributed by atoms with van der Waals surface area (Å²) in [6.45, 7) is 9.32. The highest BCUT2D eigenvalue weighted by Crippen LogP contribution is 2.22. The third kappa shape index (κ3) is 5.53. The summed E-state index contributed by atoms with van der Waals surface area (Å²) in [4.78, 5) is 0. The molecular weight excluding hydrogens is 186 g/mol. The maximum absolute atomic E-state index is 5.66. The molecular formula is C13H27NO. The Morgan fingerprint density at radius 2 is 1.87 bits per heavy atom. The first-order valence-electron chi connectivity index (χ1n) is 6.49. The van der Waals surface area contributed by atoms with Gasteiger partial charge in [-0.1, -0.05) is 19.3 Å². The lowest BCUT2D eigenvalue weighted by molar-refractivity contribution is -0.00943. The van der Waals surface area contributed by atoms with E-state index in [1.165, 1.54) is 38.6 Å². The van der Waals surface area contributed by atoms with Crippen LogP contribution < -0.4 is 5.32 Å². The lowest BCUT2D eigenvalue weighted by atomic mass is 9.89. The van der Waals surface area contributed by atoms with E-state index in [4.69, 9.17) is 4.74 Å². The smallest absolute Gasteiger partial charge is 0.0750 e. The Hall–Kier alpha value is -0.0800. The normalized spacial score (nSPS) is 19.4. The number of rotatable bonds is 6. The van der Waals surface area contributed by atoms with E-state index in [9.17, 15) is 0 Å². The molecule has 1 N–H and O–H groups in total. The summed E-state index contributed by atoms with van der Waals surface area (Å²) in [5.74, 6) is 0.913. The van der Waals surface area contributed by atoms with Crippen molar-refractivity contribution in [2.24, 2.45) is 5.92 Å². The lowest BCUT2D eigenvalue weighted by Gasteiger charge is -2.27. The van der Waals surface area contributed by atoms with E-state index in [1.54, 1.807) is 0 Å². The van der Waals surface area contributed by atoms with Crippen molar-refractivity contribution in [1.82, 2.24) is 5.32 Å². The minimum Gasteiger partial charge on any atom is -0.375 e.